The Morgan fingerprint density at radius 1 is 1.29 bits per heavy atom. The van der Waals surface area contributed by atoms with Crippen molar-refractivity contribution in [1.29, 1.82) is 0 Å². The molecule has 1 aromatic rings. The number of hydrogen-bond acceptors (Lipinski definition) is 3. The van der Waals surface area contributed by atoms with Crippen LogP contribution in [0, 0.1) is 5.92 Å². The van der Waals surface area contributed by atoms with Crippen molar-refractivity contribution >= 4 is 6.09 Å². The molecule has 2 rings (SSSR count). The highest BCUT2D eigenvalue weighted by Gasteiger charge is 2.25. The molecule has 0 N–H and O–H groups in total. The summed E-state index contributed by atoms with van der Waals surface area (Å²) in [5.41, 5.74) is 1.00. The Hall–Kier alpha value is -1.55. The minimum atomic E-state index is -0.281. The van der Waals surface area contributed by atoms with Crippen molar-refractivity contribution in [2.75, 3.05) is 20.2 Å². The molecule has 0 heterocycles. The van der Waals surface area contributed by atoms with E-state index in [4.69, 9.17) is 9.47 Å². The number of benzene rings is 1. The summed E-state index contributed by atoms with van der Waals surface area (Å²) in [5.74, 6) is 0.811. The van der Waals surface area contributed by atoms with Crippen LogP contribution in [0.25, 0.3) is 0 Å². The Balaban J connectivity index is 1.55. The summed E-state index contributed by atoms with van der Waals surface area (Å²) < 4.78 is 11.0. The standard InChI is InChI=1S/C17H25NO3/c1-14-11-16(12-14)20-10-6-9-18(2)17(19)21-13-15-7-4-3-5-8-15/h3-5,7-8,14,16H,6,9-13H2,1-2H3. The Morgan fingerprint density at radius 3 is 2.67 bits per heavy atom. The predicted octanol–water partition coefficient (Wildman–Crippen LogP) is 3.46. The number of carbonyl (C=O) groups is 1. The van der Waals surface area contributed by atoms with Gasteiger partial charge in [0.25, 0.3) is 0 Å². The lowest BCUT2D eigenvalue weighted by Crippen LogP contribution is -2.32. The molecule has 0 saturated heterocycles. The smallest absolute Gasteiger partial charge is 0.409 e. The van der Waals surface area contributed by atoms with E-state index < -0.39 is 0 Å². The van der Waals surface area contributed by atoms with Gasteiger partial charge in [0, 0.05) is 20.2 Å². The first-order valence-electron chi connectivity index (χ1n) is 7.68. The SMILES string of the molecule is CC1CC(OCCCN(C)C(=O)OCc2ccccc2)C1. The second-order valence-corrected chi connectivity index (χ2v) is 5.88. The van der Waals surface area contributed by atoms with Gasteiger partial charge in [-0.1, -0.05) is 37.3 Å². The van der Waals surface area contributed by atoms with Gasteiger partial charge in [0.1, 0.15) is 6.61 Å². The Morgan fingerprint density at radius 2 is 2.00 bits per heavy atom. The van der Waals surface area contributed by atoms with Gasteiger partial charge in [-0.25, -0.2) is 4.79 Å². The van der Waals surface area contributed by atoms with E-state index in [2.05, 4.69) is 6.92 Å². The van der Waals surface area contributed by atoms with Crippen LogP contribution in [0.1, 0.15) is 31.7 Å². The van der Waals surface area contributed by atoms with Gasteiger partial charge in [0.05, 0.1) is 6.10 Å². The molecule has 1 aliphatic rings. The Bertz CT molecular complexity index is 429. The summed E-state index contributed by atoms with van der Waals surface area (Å²) in [7, 11) is 1.76. The molecule has 0 spiro atoms. The molecule has 1 saturated carbocycles. The molecule has 4 heteroatoms. The zero-order valence-electron chi connectivity index (χ0n) is 13.0. The molecule has 1 aliphatic carbocycles. The monoisotopic (exact) mass is 291 g/mol. The van der Waals surface area contributed by atoms with Crippen LogP contribution >= 0.6 is 0 Å². The first kappa shape index (κ1) is 15.8. The first-order valence-corrected chi connectivity index (χ1v) is 7.68. The molecule has 0 aliphatic heterocycles. The molecular formula is C17H25NO3. The Kier molecular flexibility index (Phi) is 6.05. The fraction of sp³-hybridized carbons (Fsp3) is 0.588. The molecule has 116 valence electrons. The van der Waals surface area contributed by atoms with Crippen molar-refractivity contribution in [3.8, 4) is 0 Å². The lowest BCUT2D eigenvalue weighted by molar-refractivity contribution is -0.0276. The number of carbonyl (C=O) groups excluding carboxylic acids is 1. The van der Waals surface area contributed by atoms with Gasteiger partial charge in [-0.05, 0) is 30.7 Å². The second-order valence-electron chi connectivity index (χ2n) is 5.88. The van der Waals surface area contributed by atoms with Crippen molar-refractivity contribution < 1.29 is 14.3 Å². The third kappa shape index (κ3) is 5.38. The fourth-order valence-corrected chi connectivity index (χ4v) is 2.44. The predicted molar refractivity (Wildman–Crippen MR) is 82.0 cm³/mol. The van der Waals surface area contributed by atoms with Gasteiger partial charge in [-0.2, -0.15) is 0 Å². The number of nitrogens with zero attached hydrogens (tertiary/aromatic N) is 1. The average Bonchev–Trinajstić information content (AvgIpc) is 2.47. The molecule has 0 unspecified atom stereocenters. The summed E-state index contributed by atoms with van der Waals surface area (Å²) in [4.78, 5) is 13.4. The van der Waals surface area contributed by atoms with Gasteiger partial charge in [-0.3, -0.25) is 0 Å². The minimum absolute atomic E-state index is 0.281. The average molecular weight is 291 g/mol. The largest absolute Gasteiger partial charge is 0.445 e. The number of ether oxygens (including phenoxy) is 2. The highest BCUT2D eigenvalue weighted by Crippen LogP contribution is 2.29. The number of hydrogen-bond donors (Lipinski definition) is 0. The molecule has 0 bridgehead atoms. The number of rotatable bonds is 7. The van der Waals surface area contributed by atoms with Gasteiger partial charge < -0.3 is 14.4 Å². The molecular weight excluding hydrogens is 266 g/mol. The maximum atomic E-state index is 11.8. The van der Waals surface area contributed by atoms with Crippen LogP contribution in [-0.2, 0) is 16.1 Å². The molecule has 1 amide bonds. The highest BCUT2D eigenvalue weighted by molar-refractivity contribution is 5.67. The molecule has 1 fully saturated rings. The van der Waals surface area contributed by atoms with Crippen LogP contribution in [0.15, 0.2) is 30.3 Å². The van der Waals surface area contributed by atoms with Gasteiger partial charge >= 0.3 is 6.09 Å². The van der Waals surface area contributed by atoms with Gasteiger partial charge in [-0.15, -0.1) is 0 Å². The third-order valence-corrected chi connectivity index (χ3v) is 3.84. The van der Waals surface area contributed by atoms with Crippen LogP contribution in [-0.4, -0.2) is 37.3 Å². The summed E-state index contributed by atoms with van der Waals surface area (Å²) >= 11 is 0. The van der Waals surface area contributed by atoms with Crippen LogP contribution in [0.5, 0.6) is 0 Å². The van der Waals surface area contributed by atoms with E-state index in [9.17, 15) is 4.79 Å². The molecule has 21 heavy (non-hydrogen) atoms. The molecule has 0 aromatic heterocycles. The van der Waals surface area contributed by atoms with E-state index in [1.807, 2.05) is 30.3 Å². The third-order valence-electron chi connectivity index (χ3n) is 3.84. The van der Waals surface area contributed by atoms with E-state index >= 15 is 0 Å². The maximum Gasteiger partial charge on any atom is 0.409 e. The van der Waals surface area contributed by atoms with E-state index in [0.29, 0.717) is 25.9 Å². The van der Waals surface area contributed by atoms with Crippen molar-refractivity contribution in [3.63, 3.8) is 0 Å². The van der Waals surface area contributed by atoms with E-state index in [0.717, 1.165) is 17.9 Å². The van der Waals surface area contributed by atoms with E-state index in [1.165, 1.54) is 12.8 Å². The maximum absolute atomic E-state index is 11.8. The highest BCUT2D eigenvalue weighted by atomic mass is 16.6. The topological polar surface area (TPSA) is 38.8 Å². The summed E-state index contributed by atoms with van der Waals surface area (Å²) in [6, 6.07) is 9.71. The van der Waals surface area contributed by atoms with Crippen molar-refractivity contribution in [2.45, 2.75) is 38.9 Å². The van der Waals surface area contributed by atoms with Crippen molar-refractivity contribution in [3.05, 3.63) is 35.9 Å². The molecule has 0 atom stereocenters. The molecule has 0 radical (unpaired) electrons. The zero-order valence-corrected chi connectivity index (χ0v) is 13.0. The Labute approximate surface area is 127 Å². The lowest BCUT2D eigenvalue weighted by atomic mass is 9.84. The molecule has 1 aromatic carbocycles. The van der Waals surface area contributed by atoms with Gasteiger partial charge in [0.15, 0.2) is 0 Å². The van der Waals surface area contributed by atoms with Crippen LogP contribution in [0.3, 0.4) is 0 Å². The molecule has 4 nitrogen and oxygen atoms in total. The number of amides is 1. The van der Waals surface area contributed by atoms with Crippen LogP contribution in [0.4, 0.5) is 4.79 Å². The zero-order chi connectivity index (χ0) is 15.1. The first-order chi connectivity index (χ1) is 10.1. The van der Waals surface area contributed by atoms with Crippen molar-refractivity contribution in [1.82, 2.24) is 4.90 Å². The van der Waals surface area contributed by atoms with Crippen LogP contribution in [0.2, 0.25) is 0 Å². The summed E-state index contributed by atoms with van der Waals surface area (Å²) in [5, 5.41) is 0. The normalized spacial score (nSPS) is 20.7. The summed E-state index contributed by atoms with van der Waals surface area (Å²) in [6.45, 7) is 3.94. The quantitative estimate of drug-likeness (QED) is 0.722. The second kappa shape index (κ2) is 8.03. The fourth-order valence-electron chi connectivity index (χ4n) is 2.44. The minimum Gasteiger partial charge on any atom is -0.445 e. The lowest BCUT2D eigenvalue weighted by Gasteiger charge is -2.32. The summed E-state index contributed by atoms with van der Waals surface area (Å²) in [6.07, 6.45) is 3.36. The van der Waals surface area contributed by atoms with Crippen LogP contribution < -0.4 is 0 Å². The van der Waals surface area contributed by atoms with E-state index in [1.54, 1.807) is 11.9 Å². The van der Waals surface area contributed by atoms with E-state index in [-0.39, 0.29) is 6.09 Å². The van der Waals surface area contributed by atoms with Crippen molar-refractivity contribution in [2.24, 2.45) is 5.92 Å². The van der Waals surface area contributed by atoms with Gasteiger partial charge in [0.2, 0.25) is 0 Å².